The number of likely N-dealkylation sites (N-methyl/N-ethyl adjacent to an activating group) is 1. The third-order valence-corrected chi connectivity index (χ3v) is 7.10. The number of carbonyl (C=O) groups is 1. The van der Waals surface area contributed by atoms with Crippen LogP contribution in [0.2, 0.25) is 0 Å². The molecule has 0 bridgehead atoms. The molecule has 2 aliphatic rings. The molecule has 0 atom stereocenters. The van der Waals surface area contributed by atoms with Gasteiger partial charge >= 0.3 is 11.7 Å². The number of nitrogens with zero attached hydrogens (tertiary/aromatic N) is 2. The first-order valence-electron chi connectivity index (χ1n) is 11.9. The summed E-state index contributed by atoms with van der Waals surface area (Å²) in [7, 11) is 1.41. The van der Waals surface area contributed by atoms with Crippen molar-refractivity contribution in [2.75, 3.05) is 26.7 Å². The van der Waals surface area contributed by atoms with Crippen LogP contribution in [0.1, 0.15) is 73.9 Å². The molecular weight excluding hydrogens is 390 g/mol. The lowest BCUT2D eigenvalue weighted by atomic mass is 9.85. The van der Waals surface area contributed by atoms with Crippen LogP contribution in [0.15, 0.2) is 23.0 Å². The minimum Gasteiger partial charge on any atom is -0.469 e. The Hall–Kier alpha value is -2.34. The van der Waals surface area contributed by atoms with Crippen molar-refractivity contribution >= 4 is 5.97 Å². The second-order valence-electron chi connectivity index (χ2n) is 8.93. The van der Waals surface area contributed by atoms with Crippen molar-refractivity contribution in [1.82, 2.24) is 14.5 Å². The third-order valence-electron chi connectivity index (χ3n) is 7.10. The number of esters is 1. The molecule has 1 aliphatic carbocycles. The van der Waals surface area contributed by atoms with Gasteiger partial charge in [-0.05, 0) is 61.9 Å². The predicted octanol–water partition coefficient (Wildman–Crippen LogP) is 3.74. The molecule has 1 fully saturated rings. The SMILES string of the molecule is CCN1CCc2ccc(-n3c(C4CCCCC4)c(CCC(=O)OC)[nH]c3=O)cc2CC1. The third kappa shape index (κ3) is 4.79. The van der Waals surface area contributed by atoms with E-state index in [1.165, 1.54) is 37.5 Å². The zero-order valence-electron chi connectivity index (χ0n) is 18.9. The van der Waals surface area contributed by atoms with Crippen LogP contribution >= 0.6 is 0 Å². The van der Waals surface area contributed by atoms with Crippen molar-refractivity contribution < 1.29 is 9.53 Å². The fourth-order valence-electron chi connectivity index (χ4n) is 5.29. The highest BCUT2D eigenvalue weighted by atomic mass is 16.5. The Morgan fingerprint density at radius 2 is 1.87 bits per heavy atom. The van der Waals surface area contributed by atoms with E-state index in [2.05, 4.69) is 35.0 Å². The van der Waals surface area contributed by atoms with E-state index in [0.717, 1.165) is 62.4 Å². The Morgan fingerprint density at radius 3 is 2.58 bits per heavy atom. The van der Waals surface area contributed by atoms with Gasteiger partial charge in [-0.3, -0.25) is 9.36 Å². The Morgan fingerprint density at radius 1 is 1.13 bits per heavy atom. The summed E-state index contributed by atoms with van der Waals surface area (Å²) in [6, 6.07) is 6.54. The summed E-state index contributed by atoms with van der Waals surface area (Å²) >= 11 is 0. The highest BCUT2D eigenvalue weighted by Gasteiger charge is 2.26. The van der Waals surface area contributed by atoms with Crippen molar-refractivity contribution in [3.05, 3.63) is 51.2 Å². The molecular formula is C25H35N3O3. The lowest BCUT2D eigenvalue weighted by Gasteiger charge is -2.24. The number of carbonyl (C=O) groups excluding carboxylic acids is 1. The van der Waals surface area contributed by atoms with Crippen LogP contribution in [0, 0.1) is 0 Å². The minimum atomic E-state index is -0.242. The number of H-pyrrole nitrogens is 1. The van der Waals surface area contributed by atoms with Gasteiger partial charge in [-0.1, -0.05) is 32.3 Å². The van der Waals surface area contributed by atoms with E-state index in [-0.39, 0.29) is 18.1 Å². The van der Waals surface area contributed by atoms with Gasteiger partial charge < -0.3 is 14.6 Å². The minimum absolute atomic E-state index is 0.0933. The number of aromatic amines is 1. The van der Waals surface area contributed by atoms with E-state index >= 15 is 0 Å². The van der Waals surface area contributed by atoms with Gasteiger partial charge in [-0.2, -0.15) is 0 Å². The molecule has 2 aromatic rings. The standard InChI is InChI=1S/C25H35N3O3/c1-3-27-15-13-18-9-10-21(17-20(18)14-16-27)28-24(19-7-5-4-6-8-19)22(26-25(28)30)11-12-23(29)31-2/h9-10,17,19H,3-8,11-16H2,1-2H3,(H,26,30). The fourth-order valence-corrected chi connectivity index (χ4v) is 5.29. The van der Waals surface area contributed by atoms with Gasteiger partial charge in [-0.15, -0.1) is 0 Å². The number of methoxy groups -OCH3 is 1. The van der Waals surface area contributed by atoms with Crippen LogP contribution in [0.25, 0.3) is 5.69 Å². The van der Waals surface area contributed by atoms with Crippen molar-refractivity contribution in [2.24, 2.45) is 0 Å². The van der Waals surface area contributed by atoms with Crippen molar-refractivity contribution in [3.63, 3.8) is 0 Å². The zero-order chi connectivity index (χ0) is 21.8. The smallest absolute Gasteiger partial charge is 0.330 e. The zero-order valence-corrected chi connectivity index (χ0v) is 18.9. The largest absolute Gasteiger partial charge is 0.469 e. The van der Waals surface area contributed by atoms with Crippen molar-refractivity contribution in [1.29, 1.82) is 0 Å². The number of hydrogen-bond donors (Lipinski definition) is 1. The van der Waals surface area contributed by atoms with E-state index in [1.54, 1.807) is 0 Å². The lowest BCUT2D eigenvalue weighted by Crippen LogP contribution is -2.25. The summed E-state index contributed by atoms with van der Waals surface area (Å²) in [6.45, 7) is 5.45. The van der Waals surface area contributed by atoms with Gasteiger partial charge in [0, 0.05) is 24.7 Å². The van der Waals surface area contributed by atoms with Crippen LogP contribution < -0.4 is 5.69 Å². The lowest BCUT2D eigenvalue weighted by molar-refractivity contribution is -0.140. The van der Waals surface area contributed by atoms with Crippen molar-refractivity contribution in [2.45, 2.75) is 70.6 Å². The normalized spacial score (nSPS) is 17.9. The first-order valence-corrected chi connectivity index (χ1v) is 11.9. The van der Waals surface area contributed by atoms with Crippen LogP contribution in [-0.4, -0.2) is 47.2 Å². The van der Waals surface area contributed by atoms with Gasteiger partial charge in [0.1, 0.15) is 0 Å². The van der Waals surface area contributed by atoms with Gasteiger partial charge in [-0.25, -0.2) is 4.79 Å². The molecule has 1 aromatic carbocycles. The van der Waals surface area contributed by atoms with E-state index in [0.29, 0.717) is 12.3 Å². The highest BCUT2D eigenvalue weighted by Crippen LogP contribution is 2.35. The molecule has 31 heavy (non-hydrogen) atoms. The molecule has 6 heteroatoms. The fraction of sp³-hybridized carbons (Fsp3) is 0.600. The number of nitrogens with one attached hydrogen (secondary N) is 1. The first-order chi connectivity index (χ1) is 15.1. The van der Waals surface area contributed by atoms with Gasteiger partial charge in [0.05, 0.1) is 24.9 Å². The maximum Gasteiger partial charge on any atom is 0.330 e. The van der Waals surface area contributed by atoms with Crippen LogP contribution in [0.3, 0.4) is 0 Å². The van der Waals surface area contributed by atoms with Gasteiger partial charge in [0.15, 0.2) is 0 Å². The molecule has 2 heterocycles. The second-order valence-corrected chi connectivity index (χ2v) is 8.93. The summed E-state index contributed by atoms with van der Waals surface area (Å²) in [5.74, 6) is 0.114. The molecule has 4 rings (SSSR count). The average Bonchev–Trinajstić information content (AvgIpc) is 2.99. The summed E-state index contributed by atoms with van der Waals surface area (Å²) in [5, 5.41) is 0. The molecule has 0 saturated heterocycles. The van der Waals surface area contributed by atoms with Crippen LogP contribution in [0.5, 0.6) is 0 Å². The Labute approximate surface area is 184 Å². The quantitative estimate of drug-likeness (QED) is 0.716. The summed E-state index contributed by atoms with van der Waals surface area (Å²) < 4.78 is 6.72. The predicted molar refractivity (Wildman–Crippen MR) is 122 cm³/mol. The molecule has 1 N–H and O–H groups in total. The first kappa shape index (κ1) is 21.9. The van der Waals surface area contributed by atoms with Gasteiger partial charge in [0.2, 0.25) is 0 Å². The summed E-state index contributed by atoms with van der Waals surface area (Å²) in [4.78, 5) is 30.5. The average molecular weight is 426 g/mol. The second kappa shape index (κ2) is 9.86. The number of ether oxygens (including phenoxy) is 1. The van der Waals surface area contributed by atoms with Crippen LogP contribution in [-0.2, 0) is 28.8 Å². The van der Waals surface area contributed by atoms with E-state index in [9.17, 15) is 9.59 Å². The molecule has 0 spiro atoms. The highest BCUT2D eigenvalue weighted by molar-refractivity contribution is 5.69. The topological polar surface area (TPSA) is 67.3 Å². The maximum absolute atomic E-state index is 13.1. The van der Waals surface area contributed by atoms with Crippen LogP contribution in [0.4, 0.5) is 0 Å². The number of rotatable bonds is 6. The number of fused-ring (bicyclic) bond motifs is 1. The molecule has 0 amide bonds. The number of benzene rings is 1. The van der Waals surface area contributed by atoms with Gasteiger partial charge in [0.25, 0.3) is 0 Å². The Bertz CT molecular complexity index is 969. The molecule has 1 aromatic heterocycles. The number of hydrogen-bond acceptors (Lipinski definition) is 4. The summed E-state index contributed by atoms with van der Waals surface area (Å²) in [5.41, 5.74) is 5.59. The Kier molecular flexibility index (Phi) is 6.96. The molecule has 168 valence electrons. The van der Waals surface area contributed by atoms with Crippen molar-refractivity contribution in [3.8, 4) is 5.69 Å². The molecule has 0 unspecified atom stereocenters. The Balaban J connectivity index is 1.72. The molecule has 1 aliphatic heterocycles. The molecule has 6 nitrogen and oxygen atoms in total. The number of imidazole rings is 1. The van der Waals surface area contributed by atoms with E-state index in [1.807, 2.05) is 4.57 Å². The van der Waals surface area contributed by atoms with E-state index < -0.39 is 0 Å². The molecule has 0 radical (unpaired) electrons. The molecule has 1 saturated carbocycles. The summed E-state index contributed by atoms with van der Waals surface area (Å²) in [6.07, 6.45) is 8.71. The monoisotopic (exact) mass is 425 g/mol. The van der Waals surface area contributed by atoms with E-state index in [4.69, 9.17) is 4.74 Å². The maximum atomic E-state index is 13.1. The number of aryl methyl sites for hydroxylation is 1. The number of aromatic nitrogens is 2.